The van der Waals surface area contributed by atoms with Gasteiger partial charge in [-0.1, -0.05) is 72.3 Å². The van der Waals surface area contributed by atoms with E-state index in [4.69, 9.17) is 26.1 Å². The minimum atomic E-state index is -0.737. The summed E-state index contributed by atoms with van der Waals surface area (Å²) in [6.07, 6.45) is -0.777. The third kappa shape index (κ3) is 5.76. The average Bonchev–Trinajstić information content (AvgIpc) is 2.95. The van der Waals surface area contributed by atoms with Crippen molar-refractivity contribution in [2.24, 2.45) is 0 Å². The normalized spacial score (nSPS) is 19.5. The van der Waals surface area contributed by atoms with E-state index in [0.717, 1.165) is 11.1 Å². The number of halogens is 1. The van der Waals surface area contributed by atoms with Crippen molar-refractivity contribution < 1.29 is 14.3 Å². The van der Waals surface area contributed by atoms with Crippen molar-refractivity contribution in [1.82, 2.24) is 14.5 Å². The maximum atomic E-state index is 14.0. The molecule has 1 fully saturated rings. The van der Waals surface area contributed by atoms with Crippen LogP contribution in [0.3, 0.4) is 0 Å². The smallest absolute Gasteiger partial charge is 0.261 e. The summed E-state index contributed by atoms with van der Waals surface area (Å²) in [5.74, 6) is 0.324. The minimum Gasteiger partial charge on any atom is -0.375 e. The van der Waals surface area contributed by atoms with E-state index in [0.29, 0.717) is 54.5 Å². The molecule has 4 aromatic rings. The quantitative estimate of drug-likeness (QED) is 0.282. The number of carbonyl (C=O) groups excluding carboxylic acids is 1. The number of piperidine rings is 1. The number of aromatic nitrogens is 2. The van der Waals surface area contributed by atoms with Crippen molar-refractivity contribution in [2.75, 3.05) is 13.2 Å². The predicted molar refractivity (Wildman–Crippen MR) is 152 cm³/mol. The highest BCUT2D eigenvalue weighted by Crippen LogP contribution is 2.35. The summed E-state index contributed by atoms with van der Waals surface area (Å²) in [4.78, 5) is 34.8. The molecule has 0 N–H and O–H groups in total. The lowest BCUT2D eigenvalue weighted by Gasteiger charge is -2.43. The van der Waals surface area contributed by atoms with Crippen molar-refractivity contribution in [3.8, 4) is 0 Å². The third-order valence-electron chi connectivity index (χ3n) is 7.05. The van der Waals surface area contributed by atoms with Crippen LogP contribution < -0.4 is 5.56 Å². The fourth-order valence-electron chi connectivity index (χ4n) is 5.27. The average molecular weight is 546 g/mol. The van der Waals surface area contributed by atoms with Crippen molar-refractivity contribution in [3.63, 3.8) is 0 Å². The molecule has 0 saturated carbocycles. The number of amides is 1. The molecule has 5 rings (SSSR count). The number of hydrogen-bond donors (Lipinski definition) is 0. The van der Waals surface area contributed by atoms with E-state index in [1.807, 2.05) is 74.5 Å². The maximum Gasteiger partial charge on any atom is 0.261 e. The van der Waals surface area contributed by atoms with E-state index < -0.39 is 18.2 Å². The molecule has 2 heterocycles. The zero-order chi connectivity index (χ0) is 27.4. The lowest BCUT2D eigenvalue weighted by Crippen LogP contribution is -2.55. The highest BCUT2D eigenvalue weighted by Gasteiger charge is 2.45. The van der Waals surface area contributed by atoms with Crippen LogP contribution in [0, 0.1) is 0 Å². The Balaban J connectivity index is 1.69. The molecule has 1 aromatic heterocycles. The number of rotatable bonds is 9. The van der Waals surface area contributed by atoms with Crippen molar-refractivity contribution >= 4 is 28.4 Å². The molecule has 39 heavy (non-hydrogen) atoms. The van der Waals surface area contributed by atoms with Crippen LogP contribution in [-0.2, 0) is 27.4 Å². The number of likely N-dealkylation sites (tertiary alicyclic amines) is 1. The number of fused-ring (bicyclic) bond motifs is 1. The largest absolute Gasteiger partial charge is 0.375 e. The Hall–Kier alpha value is -3.52. The Morgan fingerprint density at radius 2 is 1.51 bits per heavy atom. The van der Waals surface area contributed by atoms with Gasteiger partial charge in [-0.15, -0.1) is 0 Å². The first-order valence-corrected chi connectivity index (χ1v) is 13.7. The molecule has 0 aliphatic carbocycles. The van der Waals surface area contributed by atoms with Crippen LogP contribution in [0.5, 0.6) is 0 Å². The minimum absolute atomic E-state index is 0.178. The van der Waals surface area contributed by atoms with Gasteiger partial charge in [-0.3, -0.25) is 14.2 Å². The summed E-state index contributed by atoms with van der Waals surface area (Å²) in [5.41, 5.74) is 2.25. The number of carbonyl (C=O) groups is 1. The third-order valence-corrected chi connectivity index (χ3v) is 7.28. The van der Waals surface area contributed by atoms with Crippen LogP contribution in [0.4, 0.5) is 0 Å². The Labute approximate surface area is 232 Å². The molecule has 7 nitrogen and oxygen atoms in total. The van der Waals surface area contributed by atoms with E-state index in [2.05, 4.69) is 0 Å². The van der Waals surface area contributed by atoms with Gasteiger partial charge in [0.15, 0.2) is 6.10 Å². The predicted octanol–water partition coefficient (Wildman–Crippen LogP) is 5.38. The fourth-order valence-corrected chi connectivity index (χ4v) is 5.44. The summed E-state index contributed by atoms with van der Waals surface area (Å²) in [5, 5.41) is 0.968. The van der Waals surface area contributed by atoms with Gasteiger partial charge in [0.05, 0.1) is 29.6 Å². The number of ether oxygens (including phenoxy) is 2. The second-order valence-electron chi connectivity index (χ2n) is 9.58. The van der Waals surface area contributed by atoms with Crippen LogP contribution in [0.25, 0.3) is 10.9 Å². The molecule has 1 aliphatic heterocycles. The van der Waals surface area contributed by atoms with Gasteiger partial charge in [0.2, 0.25) is 0 Å². The summed E-state index contributed by atoms with van der Waals surface area (Å²) in [7, 11) is 0. The number of hydrogen-bond acceptors (Lipinski definition) is 5. The van der Waals surface area contributed by atoms with Gasteiger partial charge in [-0.2, -0.15) is 0 Å². The van der Waals surface area contributed by atoms with Crippen LogP contribution in [0.2, 0.25) is 5.02 Å². The Morgan fingerprint density at radius 3 is 2.15 bits per heavy atom. The topological polar surface area (TPSA) is 73.7 Å². The Morgan fingerprint density at radius 1 is 0.872 bits per heavy atom. The van der Waals surface area contributed by atoms with Crippen molar-refractivity contribution in [3.05, 3.63) is 111 Å². The second-order valence-corrected chi connectivity index (χ2v) is 10.0. The van der Waals surface area contributed by atoms with Crippen LogP contribution in [-0.4, -0.2) is 45.8 Å². The first-order chi connectivity index (χ1) is 19.0. The molecular formula is C31H32ClN3O4. The molecular weight excluding hydrogens is 514 g/mol. The van der Waals surface area contributed by atoms with Crippen LogP contribution in [0.1, 0.15) is 43.3 Å². The SMILES string of the molecule is CCOC1CC(c2nc3cc(Cl)ccc3c(=O)n2Cc2ccccc2)N(Cc2ccccc2)C(=O)C1OCC. The van der Waals surface area contributed by atoms with E-state index in [-0.39, 0.29) is 11.5 Å². The van der Waals surface area contributed by atoms with Gasteiger partial charge < -0.3 is 14.4 Å². The van der Waals surface area contributed by atoms with Crippen LogP contribution in [0.15, 0.2) is 83.7 Å². The lowest BCUT2D eigenvalue weighted by molar-refractivity contribution is -0.171. The number of benzene rings is 3. The summed E-state index contributed by atoms with van der Waals surface area (Å²) in [6.45, 7) is 5.26. The van der Waals surface area contributed by atoms with E-state index >= 15 is 0 Å². The van der Waals surface area contributed by atoms with Gasteiger partial charge in [0.1, 0.15) is 5.82 Å². The molecule has 202 valence electrons. The first-order valence-electron chi connectivity index (χ1n) is 13.3. The van der Waals surface area contributed by atoms with Gasteiger partial charge in [-0.25, -0.2) is 4.98 Å². The molecule has 3 aromatic carbocycles. The zero-order valence-corrected chi connectivity index (χ0v) is 22.9. The Kier molecular flexibility index (Phi) is 8.41. The molecule has 0 radical (unpaired) electrons. The van der Waals surface area contributed by atoms with E-state index in [9.17, 15) is 9.59 Å². The molecule has 1 saturated heterocycles. The number of nitrogens with zero attached hydrogens (tertiary/aromatic N) is 3. The maximum absolute atomic E-state index is 14.0. The monoisotopic (exact) mass is 545 g/mol. The summed E-state index contributed by atoms with van der Waals surface area (Å²) >= 11 is 6.31. The first kappa shape index (κ1) is 27.1. The molecule has 3 atom stereocenters. The highest BCUT2D eigenvalue weighted by atomic mass is 35.5. The zero-order valence-electron chi connectivity index (χ0n) is 22.1. The standard InChI is InChI=1S/C31H32ClN3O4/c1-3-38-27-18-26(34(31(37)28(27)39-4-2)19-21-11-7-5-8-12-21)29-33-25-17-23(32)15-16-24(25)30(36)35(29)20-22-13-9-6-10-14-22/h5-17,26-28H,3-4,18-20H2,1-2H3. The van der Waals surface area contributed by atoms with Crippen molar-refractivity contribution in [2.45, 2.75) is 51.6 Å². The highest BCUT2D eigenvalue weighted by molar-refractivity contribution is 6.31. The van der Waals surface area contributed by atoms with Crippen molar-refractivity contribution in [1.29, 1.82) is 0 Å². The van der Waals surface area contributed by atoms with Gasteiger partial charge in [0, 0.05) is 31.2 Å². The molecule has 8 heteroatoms. The second kappa shape index (κ2) is 12.1. The molecule has 0 spiro atoms. The summed E-state index contributed by atoms with van der Waals surface area (Å²) < 4.78 is 13.7. The lowest BCUT2D eigenvalue weighted by atomic mass is 9.94. The summed E-state index contributed by atoms with van der Waals surface area (Å²) in [6, 6.07) is 24.2. The van der Waals surface area contributed by atoms with Gasteiger partial charge in [-0.05, 0) is 43.2 Å². The van der Waals surface area contributed by atoms with Gasteiger partial charge >= 0.3 is 0 Å². The fraction of sp³-hybridized carbons (Fsp3) is 0.323. The van der Waals surface area contributed by atoms with E-state index in [1.165, 1.54) is 0 Å². The Bertz CT molecular complexity index is 1490. The molecule has 1 aliphatic rings. The molecule has 1 amide bonds. The van der Waals surface area contributed by atoms with Crippen LogP contribution >= 0.6 is 11.6 Å². The van der Waals surface area contributed by atoms with E-state index in [1.54, 1.807) is 27.7 Å². The molecule has 3 unspecified atom stereocenters. The van der Waals surface area contributed by atoms with Gasteiger partial charge in [0.25, 0.3) is 11.5 Å². The molecule has 0 bridgehead atoms.